The Balaban J connectivity index is 1.06. The summed E-state index contributed by atoms with van der Waals surface area (Å²) in [6.07, 6.45) is -0.411. The van der Waals surface area contributed by atoms with Crippen molar-refractivity contribution in [2.75, 3.05) is 17.2 Å². The molecule has 8 heteroatoms. The fraction of sp³-hybridized carbons (Fsp3) is 0.178. The summed E-state index contributed by atoms with van der Waals surface area (Å²) in [4.78, 5) is 15.5. The molecule has 1 aliphatic heterocycles. The third-order valence-electron chi connectivity index (χ3n) is 9.08. The van der Waals surface area contributed by atoms with Crippen LogP contribution in [0.5, 0.6) is 11.5 Å². The smallest absolute Gasteiger partial charge is 0.323 e. The van der Waals surface area contributed by atoms with Gasteiger partial charge in [-0.15, -0.1) is 0 Å². The molecule has 0 aliphatic carbocycles. The van der Waals surface area contributed by atoms with Crippen molar-refractivity contribution >= 4 is 17.4 Å². The normalized spacial score (nSPS) is 16.9. The van der Waals surface area contributed by atoms with E-state index < -0.39 is 6.29 Å². The Morgan fingerprint density at radius 3 is 1.87 bits per heavy atom. The fourth-order valence-electron chi connectivity index (χ4n) is 6.48. The summed E-state index contributed by atoms with van der Waals surface area (Å²) in [5.74, 6) is 1.41. The van der Waals surface area contributed by atoms with Gasteiger partial charge in [-0.2, -0.15) is 0 Å². The monoisotopic (exact) mass is 705 g/mol. The number of ether oxygens (including phenoxy) is 3. The number of carbonyl (C=O) groups excluding carboxylic acids is 1. The molecule has 1 saturated heterocycles. The van der Waals surface area contributed by atoms with Gasteiger partial charge in [0.15, 0.2) is 6.29 Å². The number of nitrogens with one attached hydrogen (secondary N) is 2. The molecule has 3 atom stereocenters. The van der Waals surface area contributed by atoms with Crippen LogP contribution in [0.25, 0.3) is 0 Å². The molecule has 0 radical (unpaired) electrons. The quantitative estimate of drug-likeness (QED) is 0.111. The average Bonchev–Trinajstić information content (AvgIpc) is 3.20. The highest BCUT2D eigenvalue weighted by molar-refractivity contribution is 5.99. The van der Waals surface area contributed by atoms with Gasteiger partial charge in [0.25, 0.3) is 0 Å². The highest BCUT2D eigenvalue weighted by Gasteiger charge is 2.33. The van der Waals surface area contributed by atoms with Gasteiger partial charge >= 0.3 is 6.03 Å². The predicted octanol–water partition coefficient (Wildman–Crippen LogP) is 9.86. The number of nitrogens with zero attached hydrogens (tertiary/aromatic N) is 1. The molecule has 8 nitrogen and oxygen atoms in total. The minimum Gasteiger partial charge on any atom is -0.457 e. The average molecular weight is 706 g/mol. The number of rotatable bonds is 13. The zero-order valence-corrected chi connectivity index (χ0v) is 29.4. The van der Waals surface area contributed by atoms with E-state index in [9.17, 15) is 9.90 Å². The Bertz CT molecular complexity index is 1990. The zero-order chi connectivity index (χ0) is 36.2. The first-order chi connectivity index (χ1) is 26.1. The number of benzene rings is 6. The molecular weight excluding hydrogens is 663 g/mol. The Morgan fingerprint density at radius 1 is 0.623 bits per heavy atom. The molecule has 7 rings (SSSR count). The van der Waals surface area contributed by atoms with Crippen LogP contribution in [0.1, 0.15) is 46.6 Å². The number of anilines is 2. The SMILES string of the molecule is O=C(Nc1ccc(Oc2ccccc2)cc1)Nc1cccc([C@@H]2O[C@H](CN(Cc3ccccc3)Cc3ccccc3)C[C@H](c3ccc(CO)cc3)O2)c1. The number of amides is 2. The van der Waals surface area contributed by atoms with Gasteiger partial charge in [-0.1, -0.05) is 115 Å². The van der Waals surface area contributed by atoms with E-state index in [2.05, 4.69) is 64.1 Å². The number of urea groups is 1. The second-order valence-electron chi connectivity index (χ2n) is 13.1. The molecule has 3 N–H and O–H groups in total. The van der Waals surface area contributed by atoms with E-state index in [4.69, 9.17) is 14.2 Å². The molecule has 268 valence electrons. The molecule has 0 bridgehead atoms. The van der Waals surface area contributed by atoms with Gasteiger partial charge in [-0.05, 0) is 70.8 Å². The molecule has 1 aliphatic rings. The van der Waals surface area contributed by atoms with Crippen molar-refractivity contribution in [3.05, 3.63) is 192 Å². The second kappa shape index (κ2) is 17.6. The Hall–Kier alpha value is -5.77. The molecule has 6 aromatic carbocycles. The summed E-state index contributed by atoms with van der Waals surface area (Å²) in [5, 5.41) is 15.5. The maximum absolute atomic E-state index is 13.1. The predicted molar refractivity (Wildman–Crippen MR) is 207 cm³/mol. The van der Waals surface area contributed by atoms with Crippen molar-refractivity contribution in [3.63, 3.8) is 0 Å². The number of hydrogen-bond donors (Lipinski definition) is 3. The molecule has 0 unspecified atom stereocenters. The largest absolute Gasteiger partial charge is 0.457 e. The molecule has 1 fully saturated rings. The maximum atomic E-state index is 13.1. The van der Waals surface area contributed by atoms with Gasteiger partial charge in [0, 0.05) is 43.0 Å². The van der Waals surface area contributed by atoms with Crippen LogP contribution in [0.4, 0.5) is 16.2 Å². The first kappa shape index (κ1) is 35.6. The minimum atomic E-state index is -0.673. The van der Waals surface area contributed by atoms with Gasteiger partial charge in [-0.3, -0.25) is 4.90 Å². The minimum absolute atomic E-state index is 0.0184. The van der Waals surface area contributed by atoms with Gasteiger partial charge in [0.1, 0.15) is 11.5 Å². The first-order valence-corrected chi connectivity index (χ1v) is 17.9. The van der Waals surface area contributed by atoms with Gasteiger partial charge in [0.2, 0.25) is 0 Å². The number of aliphatic hydroxyl groups is 1. The number of carbonyl (C=O) groups is 1. The molecule has 0 saturated carbocycles. The Labute approximate surface area is 310 Å². The number of aliphatic hydroxyl groups excluding tert-OH is 1. The van der Waals surface area contributed by atoms with Crippen molar-refractivity contribution in [3.8, 4) is 11.5 Å². The standard InChI is InChI=1S/C45H43N3O5/c49-32-35-19-21-36(22-20-35)43-28-42(31-48(29-33-11-4-1-5-12-33)30-34-13-6-2-7-14-34)52-44(53-43)37-15-10-16-39(27-37)47-45(50)46-38-23-25-41(26-24-38)51-40-17-8-3-9-18-40/h1-27,42-44,49H,28-32H2,(H2,46,47,50)/t42-,43+,44+/m0/s1. The molecule has 53 heavy (non-hydrogen) atoms. The molecule has 6 aromatic rings. The van der Waals surface area contributed by atoms with E-state index in [0.29, 0.717) is 30.1 Å². The van der Waals surface area contributed by atoms with Gasteiger partial charge < -0.3 is 30.0 Å². The molecule has 0 aromatic heterocycles. The molecule has 1 heterocycles. The van der Waals surface area contributed by atoms with Crippen molar-refractivity contribution in [2.45, 2.75) is 44.6 Å². The van der Waals surface area contributed by atoms with Crippen molar-refractivity contribution in [1.82, 2.24) is 4.90 Å². The number of para-hydroxylation sites is 1. The first-order valence-electron chi connectivity index (χ1n) is 17.9. The highest BCUT2D eigenvalue weighted by atomic mass is 16.7. The summed E-state index contributed by atoms with van der Waals surface area (Å²) < 4.78 is 19.3. The summed E-state index contributed by atoms with van der Waals surface area (Å²) in [5.41, 5.74) is 6.37. The number of hydrogen-bond acceptors (Lipinski definition) is 6. The van der Waals surface area contributed by atoms with E-state index in [-0.39, 0.29) is 24.8 Å². The van der Waals surface area contributed by atoms with E-state index in [1.807, 2.05) is 103 Å². The summed E-state index contributed by atoms with van der Waals surface area (Å²) >= 11 is 0. The van der Waals surface area contributed by atoms with E-state index >= 15 is 0 Å². The highest BCUT2D eigenvalue weighted by Crippen LogP contribution is 2.39. The summed E-state index contributed by atoms with van der Waals surface area (Å²) in [6.45, 7) is 2.21. The lowest BCUT2D eigenvalue weighted by atomic mass is 9.99. The second-order valence-corrected chi connectivity index (χ2v) is 13.1. The van der Waals surface area contributed by atoms with E-state index in [1.165, 1.54) is 11.1 Å². The molecule has 0 spiro atoms. The van der Waals surface area contributed by atoms with Crippen LogP contribution in [0, 0.1) is 0 Å². The van der Waals surface area contributed by atoms with Crippen LogP contribution in [0.3, 0.4) is 0 Å². The van der Waals surface area contributed by atoms with Gasteiger partial charge in [-0.25, -0.2) is 4.79 Å². The third kappa shape index (κ3) is 10.2. The Kier molecular flexibility index (Phi) is 11.9. The van der Waals surface area contributed by atoms with Crippen LogP contribution in [0.15, 0.2) is 164 Å². The lowest BCUT2D eigenvalue weighted by Gasteiger charge is -2.38. The van der Waals surface area contributed by atoms with Crippen molar-refractivity contribution in [2.24, 2.45) is 0 Å². The molecule has 2 amide bonds. The van der Waals surface area contributed by atoms with Crippen molar-refractivity contribution in [1.29, 1.82) is 0 Å². The summed E-state index contributed by atoms with van der Waals surface area (Å²) in [6, 6.07) is 52.8. The van der Waals surface area contributed by atoms with Crippen LogP contribution in [0.2, 0.25) is 0 Å². The topological polar surface area (TPSA) is 92.3 Å². The van der Waals surface area contributed by atoms with Crippen LogP contribution in [-0.4, -0.2) is 28.7 Å². The fourth-order valence-corrected chi connectivity index (χ4v) is 6.48. The summed E-state index contributed by atoms with van der Waals surface area (Å²) in [7, 11) is 0. The van der Waals surface area contributed by atoms with Gasteiger partial charge in [0.05, 0.1) is 18.8 Å². The van der Waals surface area contributed by atoms with Crippen LogP contribution >= 0.6 is 0 Å². The van der Waals surface area contributed by atoms with Crippen molar-refractivity contribution < 1.29 is 24.1 Å². The zero-order valence-electron chi connectivity index (χ0n) is 29.4. The lowest BCUT2D eigenvalue weighted by molar-refractivity contribution is -0.253. The molecular formula is C45H43N3O5. The third-order valence-corrected chi connectivity index (χ3v) is 9.08. The Morgan fingerprint density at radius 2 is 1.23 bits per heavy atom. The van der Waals surface area contributed by atoms with E-state index in [1.54, 1.807) is 12.1 Å². The lowest BCUT2D eigenvalue weighted by Crippen LogP contribution is -2.39. The van der Waals surface area contributed by atoms with E-state index in [0.717, 1.165) is 35.5 Å². The van der Waals surface area contributed by atoms with Crippen LogP contribution < -0.4 is 15.4 Å². The maximum Gasteiger partial charge on any atom is 0.323 e. The van der Waals surface area contributed by atoms with Crippen LogP contribution in [-0.2, 0) is 29.2 Å².